The summed E-state index contributed by atoms with van der Waals surface area (Å²) in [6, 6.07) is 7.69. The monoisotopic (exact) mass is 565 g/mol. The first kappa shape index (κ1) is 26.3. The molecule has 3 rings (SSSR count). The van der Waals surface area contributed by atoms with Gasteiger partial charge in [0.05, 0.1) is 19.0 Å². The summed E-state index contributed by atoms with van der Waals surface area (Å²) in [5.41, 5.74) is 1.79. The summed E-state index contributed by atoms with van der Waals surface area (Å²) in [4.78, 5) is 6.78. The van der Waals surface area contributed by atoms with E-state index in [0.29, 0.717) is 32.8 Å². The summed E-state index contributed by atoms with van der Waals surface area (Å²) in [7, 11) is -1.60. The lowest BCUT2D eigenvalue weighted by atomic mass is 10.1. The van der Waals surface area contributed by atoms with Crippen LogP contribution in [0.25, 0.3) is 0 Å². The number of nitrogens with one attached hydrogen (secondary N) is 2. The number of halogens is 1. The maximum absolute atomic E-state index is 12.8. The summed E-state index contributed by atoms with van der Waals surface area (Å²) in [6.07, 6.45) is 3.92. The highest BCUT2D eigenvalue weighted by molar-refractivity contribution is 14.0. The molecule has 0 aromatic heterocycles. The molecule has 0 aliphatic carbocycles. The molecule has 31 heavy (non-hydrogen) atoms. The van der Waals surface area contributed by atoms with Gasteiger partial charge in [0.1, 0.15) is 0 Å². The van der Waals surface area contributed by atoms with Crippen molar-refractivity contribution in [3.63, 3.8) is 0 Å². The molecule has 2 N–H and O–H groups in total. The van der Waals surface area contributed by atoms with E-state index in [4.69, 9.17) is 4.74 Å². The van der Waals surface area contributed by atoms with E-state index in [1.165, 1.54) is 36.7 Å². The van der Waals surface area contributed by atoms with Gasteiger partial charge in [0.2, 0.25) is 10.0 Å². The predicted molar refractivity (Wildman–Crippen MR) is 135 cm³/mol. The van der Waals surface area contributed by atoms with Crippen molar-refractivity contribution in [3.8, 4) is 0 Å². The third-order valence-electron chi connectivity index (χ3n) is 5.66. The average Bonchev–Trinajstić information content (AvgIpc) is 2.78. The van der Waals surface area contributed by atoms with Gasteiger partial charge in [0.25, 0.3) is 0 Å². The minimum absolute atomic E-state index is 0. The molecule has 2 heterocycles. The van der Waals surface area contributed by atoms with Gasteiger partial charge in [-0.1, -0.05) is 30.7 Å². The zero-order valence-electron chi connectivity index (χ0n) is 18.4. The summed E-state index contributed by atoms with van der Waals surface area (Å²) in [6.45, 7) is 6.51. The van der Waals surface area contributed by atoms with Crippen LogP contribution < -0.4 is 10.6 Å². The third-order valence-corrected chi connectivity index (χ3v) is 7.49. The Bertz CT molecular complexity index is 794. The normalized spacial score (nSPS) is 18.9. The first-order valence-electron chi connectivity index (χ1n) is 10.9. The van der Waals surface area contributed by atoms with Crippen molar-refractivity contribution in [2.45, 2.75) is 31.6 Å². The number of hydrogen-bond acceptors (Lipinski definition) is 5. The minimum Gasteiger partial charge on any atom is -0.379 e. The smallest absolute Gasteiger partial charge is 0.218 e. The molecule has 10 heteroatoms. The van der Waals surface area contributed by atoms with Gasteiger partial charge in [-0.05, 0) is 37.1 Å². The molecule has 2 aliphatic rings. The van der Waals surface area contributed by atoms with Crippen LogP contribution in [0.3, 0.4) is 0 Å². The number of likely N-dealkylation sites (tertiary alicyclic amines) is 1. The molecule has 176 valence electrons. The number of benzene rings is 1. The fraction of sp³-hybridized carbons (Fsp3) is 0.667. The molecule has 0 radical (unpaired) electrons. The number of guanidine groups is 1. The minimum atomic E-state index is -3.36. The quantitative estimate of drug-likeness (QED) is 0.283. The largest absolute Gasteiger partial charge is 0.379 e. The Morgan fingerprint density at radius 3 is 2.39 bits per heavy atom. The summed E-state index contributed by atoms with van der Waals surface area (Å²) < 4.78 is 32.4. The van der Waals surface area contributed by atoms with E-state index in [1.54, 1.807) is 7.05 Å². The van der Waals surface area contributed by atoms with Gasteiger partial charge < -0.3 is 20.3 Å². The van der Waals surface area contributed by atoms with Gasteiger partial charge in [-0.2, -0.15) is 4.31 Å². The second-order valence-electron chi connectivity index (χ2n) is 7.79. The van der Waals surface area contributed by atoms with Gasteiger partial charge in [-0.3, -0.25) is 4.99 Å². The second-order valence-corrected chi connectivity index (χ2v) is 9.76. The summed E-state index contributed by atoms with van der Waals surface area (Å²) in [5.74, 6) is 0.740. The van der Waals surface area contributed by atoms with Crippen LogP contribution in [0.1, 0.15) is 30.4 Å². The van der Waals surface area contributed by atoms with Crippen molar-refractivity contribution in [1.82, 2.24) is 19.8 Å². The number of rotatable bonds is 8. The van der Waals surface area contributed by atoms with Gasteiger partial charge in [0.15, 0.2) is 5.96 Å². The van der Waals surface area contributed by atoms with E-state index in [9.17, 15) is 8.42 Å². The van der Waals surface area contributed by atoms with E-state index in [0.717, 1.165) is 30.2 Å². The zero-order valence-corrected chi connectivity index (χ0v) is 21.5. The van der Waals surface area contributed by atoms with Crippen LogP contribution in [0.4, 0.5) is 0 Å². The summed E-state index contributed by atoms with van der Waals surface area (Å²) in [5, 5.41) is 6.68. The van der Waals surface area contributed by atoms with E-state index in [1.807, 2.05) is 24.3 Å². The molecule has 2 fully saturated rings. The third kappa shape index (κ3) is 8.49. The fourth-order valence-electron chi connectivity index (χ4n) is 3.90. The number of ether oxygens (including phenoxy) is 1. The molecule has 1 aromatic carbocycles. The molecular weight excluding hydrogens is 529 g/mol. The van der Waals surface area contributed by atoms with Crippen molar-refractivity contribution in [1.29, 1.82) is 0 Å². The van der Waals surface area contributed by atoms with Crippen LogP contribution in [0.2, 0.25) is 0 Å². The van der Waals surface area contributed by atoms with Gasteiger partial charge in [0, 0.05) is 39.8 Å². The van der Waals surface area contributed by atoms with Crippen LogP contribution in [-0.2, 0) is 27.1 Å². The van der Waals surface area contributed by atoms with Crippen LogP contribution in [0, 0.1) is 0 Å². The Hall–Kier alpha value is -0.950. The Labute approximate surface area is 203 Å². The fourth-order valence-corrected chi connectivity index (χ4v) is 5.46. The first-order chi connectivity index (χ1) is 14.6. The molecular formula is C21H36IN5O3S. The Kier molecular flexibility index (Phi) is 11.5. The Morgan fingerprint density at radius 2 is 1.71 bits per heavy atom. The van der Waals surface area contributed by atoms with Gasteiger partial charge >= 0.3 is 0 Å². The van der Waals surface area contributed by atoms with E-state index >= 15 is 0 Å². The van der Waals surface area contributed by atoms with E-state index in [-0.39, 0.29) is 29.7 Å². The molecule has 2 saturated heterocycles. The number of piperidine rings is 1. The van der Waals surface area contributed by atoms with Gasteiger partial charge in [-0.15, -0.1) is 24.0 Å². The number of aliphatic imine (C=N–C) groups is 1. The molecule has 2 aliphatic heterocycles. The average molecular weight is 566 g/mol. The lowest BCUT2D eigenvalue weighted by molar-refractivity contribution is 0.0729. The van der Waals surface area contributed by atoms with Crippen molar-refractivity contribution in [2.24, 2.45) is 4.99 Å². The molecule has 0 unspecified atom stereocenters. The van der Waals surface area contributed by atoms with Crippen molar-refractivity contribution in [2.75, 3.05) is 59.5 Å². The Morgan fingerprint density at radius 1 is 1.03 bits per heavy atom. The number of morpholine rings is 1. The standard InChI is InChI=1S/C21H35N5O3S.HI/c1-22-21(23-9-12-25-10-5-2-6-11-25)24-17-19-7-3-4-8-20(19)18-30(27,28)26-13-15-29-16-14-26;/h3-4,7-8H,2,5-6,9-18H2,1H3,(H2,22,23,24);1H. The molecule has 0 bridgehead atoms. The molecule has 0 atom stereocenters. The summed E-state index contributed by atoms with van der Waals surface area (Å²) >= 11 is 0. The molecule has 1 aromatic rings. The zero-order chi connectivity index (χ0) is 21.2. The number of hydrogen-bond donors (Lipinski definition) is 2. The maximum atomic E-state index is 12.8. The number of nitrogens with zero attached hydrogens (tertiary/aromatic N) is 3. The topological polar surface area (TPSA) is 86.3 Å². The maximum Gasteiger partial charge on any atom is 0.218 e. The van der Waals surface area contributed by atoms with Crippen molar-refractivity contribution >= 4 is 40.0 Å². The predicted octanol–water partition coefficient (Wildman–Crippen LogP) is 1.62. The van der Waals surface area contributed by atoms with Crippen molar-refractivity contribution in [3.05, 3.63) is 35.4 Å². The van der Waals surface area contributed by atoms with E-state index < -0.39 is 10.0 Å². The van der Waals surface area contributed by atoms with Crippen molar-refractivity contribution < 1.29 is 13.2 Å². The number of sulfonamides is 1. The SMILES string of the molecule is CN=C(NCCN1CCCCC1)NCc1ccccc1CS(=O)(=O)N1CCOCC1.I. The second kappa shape index (κ2) is 13.6. The van der Waals surface area contributed by atoms with Gasteiger partial charge in [-0.25, -0.2) is 8.42 Å². The molecule has 8 nitrogen and oxygen atoms in total. The first-order valence-corrected chi connectivity index (χ1v) is 12.5. The Balaban J connectivity index is 0.00000341. The van der Waals surface area contributed by atoms with Crippen LogP contribution >= 0.6 is 24.0 Å². The highest BCUT2D eigenvalue weighted by atomic mass is 127. The van der Waals surface area contributed by atoms with Crippen LogP contribution in [-0.4, -0.2) is 83.1 Å². The van der Waals surface area contributed by atoms with E-state index in [2.05, 4.69) is 20.5 Å². The molecule has 0 spiro atoms. The lowest BCUT2D eigenvalue weighted by Gasteiger charge is -2.27. The lowest BCUT2D eigenvalue weighted by Crippen LogP contribution is -2.42. The highest BCUT2D eigenvalue weighted by Crippen LogP contribution is 2.16. The van der Waals surface area contributed by atoms with Crippen LogP contribution in [0.5, 0.6) is 0 Å². The highest BCUT2D eigenvalue weighted by Gasteiger charge is 2.25. The molecule has 0 saturated carbocycles. The van der Waals surface area contributed by atoms with Crippen LogP contribution in [0.15, 0.2) is 29.3 Å². The molecule has 0 amide bonds.